The molecule has 0 heterocycles. The van der Waals surface area contributed by atoms with E-state index < -0.39 is 59.2 Å². The summed E-state index contributed by atoms with van der Waals surface area (Å²) in [6.45, 7) is 4.56. The number of rotatable bonds is 8. The van der Waals surface area contributed by atoms with Gasteiger partial charge in [0, 0.05) is 5.56 Å². The Labute approximate surface area is 199 Å². The Bertz CT molecular complexity index is 1270. The predicted molar refractivity (Wildman–Crippen MR) is 121 cm³/mol. The number of ether oxygens (including phenoxy) is 1. The summed E-state index contributed by atoms with van der Waals surface area (Å²) < 4.78 is 89.4. The van der Waals surface area contributed by atoms with Gasteiger partial charge < -0.3 is 14.5 Å². The normalized spacial score (nSPS) is 12.2. The summed E-state index contributed by atoms with van der Waals surface area (Å²) in [5.74, 6) is -10.9. The molecule has 0 aliphatic heterocycles. The third kappa shape index (κ3) is 5.41. The largest absolute Gasteiger partial charge is 0.430 e. The summed E-state index contributed by atoms with van der Waals surface area (Å²) in [4.78, 5) is 20.4. The van der Waals surface area contributed by atoms with Gasteiger partial charge in [-0.05, 0) is 38.0 Å². The molecule has 0 aliphatic rings. The summed E-state index contributed by atoms with van der Waals surface area (Å²) in [6, 6.07) is 12.0. The van der Waals surface area contributed by atoms with E-state index >= 15 is 0 Å². The van der Waals surface area contributed by atoms with Crippen LogP contribution in [0.25, 0.3) is 11.1 Å². The summed E-state index contributed by atoms with van der Waals surface area (Å²) in [5.41, 5.74) is -2.03. The highest BCUT2D eigenvalue weighted by molar-refractivity contribution is 7.53. The van der Waals surface area contributed by atoms with Gasteiger partial charge in [-0.1, -0.05) is 42.5 Å². The molecule has 0 aliphatic carbocycles. The molecule has 0 fully saturated rings. The molecule has 0 radical (unpaired) electrons. The first-order chi connectivity index (χ1) is 16.3. The minimum Gasteiger partial charge on any atom is -0.374 e. The first-order valence-corrected chi connectivity index (χ1v) is 11.9. The minimum absolute atomic E-state index is 0.115. The van der Waals surface area contributed by atoms with Crippen molar-refractivity contribution in [2.45, 2.75) is 32.9 Å². The topological polar surface area (TPSA) is 70.0 Å². The zero-order chi connectivity index (χ0) is 26.1. The average Bonchev–Trinajstić information content (AvgIpc) is 2.77. The minimum atomic E-state index is -5.20. The number of aryl methyl sites for hydroxylation is 1. The zero-order valence-electron chi connectivity index (χ0n) is 19.0. The van der Waals surface area contributed by atoms with Crippen molar-refractivity contribution in [1.29, 1.82) is 0 Å². The van der Waals surface area contributed by atoms with E-state index in [0.29, 0.717) is 4.67 Å². The SMILES string of the molecule is Cc1ccccc1COCC(C)(C)N(c1ccccc1-c1c(F)c(F)c(F)c(F)c1F)P(=O)(O)O. The first kappa shape index (κ1) is 26.8. The molecule has 5 nitrogen and oxygen atoms in total. The first-order valence-electron chi connectivity index (χ1n) is 10.4. The highest BCUT2D eigenvalue weighted by Crippen LogP contribution is 2.52. The predicted octanol–water partition coefficient (Wildman–Crippen LogP) is 6.25. The van der Waals surface area contributed by atoms with Crippen LogP contribution in [0, 0.1) is 36.0 Å². The Morgan fingerprint density at radius 2 is 1.37 bits per heavy atom. The fraction of sp³-hybridized carbons (Fsp3) is 0.250. The number of halogens is 5. The quantitative estimate of drug-likeness (QED) is 0.161. The second-order valence-corrected chi connectivity index (χ2v) is 9.95. The van der Waals surface area contributed by atoms with Gasteiger partial charge in [-0.2, -0.15) is 0 Å². The second-order valence-electron chi connectivity index (χ2n) is 8.52. The fourth-order valence-corrected chi connectivity index (χ4v) is 4.99. The number of nitrogens with zero attached hydrogens (tertiary/aromatic N) is 1. The van der Waals surface area contributed by atoms with Crippen LogP contribution in [0.15, 0.2) is 48.5 Å². The van der Waals surface area contributed by atoms with E-state index in [4.69, 9.17) is 4.74 Å². The third-order valence-corrected chi connectivity index (χ3v) is 6.70. The molecule has 11 heteroatoms. The van der Waals surface area contributed by atoms with Crippen LogP contribution in [0.3, 0.4) is 0 Å². The van der Waals surface area contributed by atoms with E-state index in [9.17, 15) is 36.3 Å². The van der Waals surface area contributed by atoms with Crippen molar-refractivity contribution in [3.63, 3.8) is 0 Å². The molecule has 0 bridgehead atoms. The number of hydrogen-bond donors (Lipinski definition) is 2. The molecule has 0 aromatic heterocycles. The molecule has 3 aromatic carbocycles. The van der Waals surface area contributed by atoms with Crippen LogP contribution >= 0.6 is 7.75 Å². The second kappa shape index (κ2) is 10.1. The molecule has 0 amide bonds. The van der Waals surface area contributed by atoms with E-state index in [1.807, 2.05) is 25.1 Å². The lowest BCUT2D eigenvalue weighted by Gasteiger charge is -2.40. The average molecular weight is 515 g/mol. The van der Waals surface area contributed by atoms with E-state index in [1.54, 1.807) is 6.07 Å². The van der Waals surface area contributed by atoms with Gasteiger partial charge >= 0.3 is 7.75 Å². The Balaban J connectivity index is 2.08. The summed E-state index contributed by atoms with van der Waals surface area (Å²) in [6.07, 6.45) is 0. The van der Waals surface area contributed by atoms with Gasteiger partial charge in [0.2, 0.25) is 5.82 Å². The zero-order valence-corrected chi connectivity index (χ0v) is 19.9. The molecule has 0 unspecified atom stereocenters. The lowest BCUT2D eigenvalue weighted by Crippen LogP contribution is -2.45. The van der Waals surface area contributed by atoms with Gasteiger partial charge in [0.05, 0.1) is 30.0 Å². The molecule has 0 saturated heterocycles. The molecule has 3 aromatic rings. The van der Waals surface area contributed by atoms with Gasteiger partial charge in [0.15, 0.2) is 23.3 Å². The van der Waals surface area contributed by atoms with E-state index in [0.717, 1.165) is 23.3 Å². The maximum absolute atomic E-state index is 14.6. The fourth-order valence-electron chi connectivity index (χ4n) is 3.77. The summed E-state index contributed by atoms with van der Waals surface area (Å²) >= 11 is 0. The molecule has 188 valence electrons. The van der Waals surface area contributed by atoms with Crippen LogP contribution in [0.4, 0.5) is 27.6 Å². The van der Waals surface area contributed by atoms with Gasteiger partial charge in [-0.3, -0.25) is 4.67 Å². The third-order valence-electron chi connectivity index (χ3n) is 5.42. The van der Waals surface area contributed by atoms with Crippen LogP contribution in [0.1, 0.15) is 25.0 Å². The number of para-hydroxylation sites is 1. The smallest absolute Gasteiger partial charge is 0.374 e. The van der Waals surface area contributed by atoms with E-state index in [2.05, 4.69) is 0 Å². The maximum Gasteiger partial charge on any atom is 0.430 e. The van der Waals surface area contributed by atoms with Crippen molar-refractivity contribution in [2.24, 2.45) is 0 Å². The standard InChI is InChI=1S/C24H23F5NO4P/c1-14-8-4-5-9-15(14)12-34-13-24(2,3)30(35(31,32)33)17-11-7-6-10-16(17)18-19(25)21(27)23(29)22(28)20(18)26/h4-11H,12-13H2,1-3H3,(H2,31,32,33). The maximum atomic E-state index is 14.6. The number of hydrogen-bond acceptors (Lipinski definition) is 2. The van der Waals surface area contributed by atoms with Crippen LogP contribution in [-0.4, -0.2) is 21.9 Å². The van der Waals surface area contributed by atoms with Gasteiger partial charge in [0.1, 0.15) is 0 Å². The van der Waals surface area contributed by atoms with Crippen LogP contribution in [0.2, 0.25) is 0 Å². The van der Waals surface area contributed by atoms with Crippen molar-refractivity contribution in [3.8, 4) is 11.1 Å². The monoisotopic (exact) mass is 515 g/mol. The summed E-state index contributed by atoms with van der Waals surface area (Å²) in [7, 11) is -5.20. The highest BCUT2D eigenvalue weighted by atomic mass is 31.2. The molecular weight excluding hydrogens is 492 g/mol. The van der Waals surface area contributed by atoms with Crippen molar-refractivity contribution < 1.29 is 41.0 Å². The molecule has 3 rings (SSSR count). The number of anilines is 1. The Morgan fingerprint density at radius 1 is 0.857 bits per heavy atom. The van der Waals surface area contributed by atoms with Crippen LogP contribution in [0.5, 0.6) is 0 Å². The summed E-state index contributed by atoms with van der Waals surface area (Å²) in [5, 5.41) is 0. The van der Waals surface area contributed by atoms with Gasteiger partial charge in [-0.15, -0.1) is 0 Å². The van der Waals surface area contributed by atoms with E-state index in [1.165, 1.54) is 26.0 Å². The van der Waals surface area contributed by atoms with Crippen molar-refractivity contribution in [2.75, 3.05) is 11.3 Å². The Morgan fingerprint density at radius 3 is 1.94 bits per heavy atom. The Kier molecular flexibility index (Phi) is 7.71. The molecule has 0 atom stereocenters. The molecule has 2 N–H and O–H groups in total. The van der Waals surface area contributed by atoms with Crippen LogP contribution in [-0.2, 0) is 15.9 Å². The molecule has 0 saturated carbocycles. The van der Waals surface area contributed by atoms with Crippen molar-refractivity contribution >= 4 is 13.4 Å². The van der Waals surface area contributed by atoms with Crippen molar-refractivity contribution in [1.82, 2.24) is 0 Å². The number of benzene rings is 3. The van der Waals surface area contributed by atoms with Crippen molar-refractivity contribution in [3.05, 3.63) is 88.7 Å². The lowest BCUT2D eigenvalue weighted by atomic mass is 9.99. The molecule has 0 spiro atoms. The van der Waals surface area contributed by atoms with Gasteiger partial charge in [-0.25, -0.2) is 26.5 Å². The Hall–Kier alpha value is -2.78. The van der Waals surface area contributed by atoms with E-state index in [-0.39, 0.29) is 13.2 Å². The van der Waals surface area contributed by atoms with Gasteiger partial charge in [0.25, 0.3) is 0 Å². The lowest BCUT2D eigenvalue weighted by molar-refractivity contribution is 0.0843. The van der Waals surface area contributed by atoms with Crippen LogP contribution < -0.4 is 4.67 Å². The molecular formula is C24H23F5NO4P. The highest BCUT2D eigenvalue weighted by Gasteiger charge is 2.41. The molecule has 35 heavy (non-hydrogen) atoms.